The van der Waals surface area contributed by atoms with Gasteiger partial charge in [-0.1, -0.05) is 18.5 Å². The summed E-state index contributed by atoms with van der Waals surface area (Å²) in [5.74, 6) is 0.455. The SMILES string of the molecule is CCCNc1ncc(C(=O)NC2CCOC2)cc1Cl. The lowest BCUT2D eigenvalue weighted by atomic mass is 10.2. The van der Waals surface area contributed by atoms with Crippen LogP contribution < -0.4 is 10.6 Å². The number of carbonyl (C=O) groups excluding carboxylic acids is 1. The molecule has 1 aromatic rings. The van der Waals surface area contributed by atoms with Gasteiger partial charge in [0.25, 0.3) is 5.91 Å². The Hall–Kier alpha value is -1.33. The van der Waals surface area contributed by atoms with Gasteiger partial charge >= 0.3 is 0 Å². The predicted molar refractivity (Wildman–Crippen MR) is 74.7 cm³/mol. The Morgan fingerprint density at radius 2 is 2.47 bits per heavy atom. The monoisotopic (exact) mass is 283 g/mol. The van der Waals surface area contributed by atoms with Gasteiger partial charge in [0.15, 0.2) is 0 Å². The molecule has 5 nitrogen and oxygen atoms in total. The van der Waals surface area contributed by atoms with Crippen LogP contribution >= 0.6 is 11.6 Å². The number of aromatic nitrogens is 1. The van der Waals surface area contributed by atoms with Gasteiger partial charge in [0, 0.05) is 19.3 Å². The van der Waals surface area contributed by atoms with E-state index in [4.69, 9.17) is 16.3 Å². The topological polar surface area (TPSA) is 63.2 Å². The molecule has 0 bridgehead atoms. The van der Waals surface area contributed by atoms with Gasteiger partial charge in [-0.3, -0.25) is 4.79 Å². The number of hydrogen-bond donors (Lipinski definition) is 2. The fraction of sp³-hybridized carbons (Fsp3) is 0.538. The number of carbonyl (C=O) groups is 1. The molecule has 2 rings (SSSR count). The van der Waals surface area contributed by atoms with E-state index < -0.39 is 0 Å². The van der Waals surface area contributed by atoms with Crippen LogP contribution in [0.4, 0.5) is 5.82 Å². The summed E-state index contributed by atoms with van der Waals surface area (Å²) < 4.78 is 5.21. The second-order valence-electron chi connectivity index (χ2n) is 4.52. The van der Waals surface area contributed by atoms with Gasteiger partial charge in [0.1, 0.15) is 5.82 Å². The highest BCUT2D eigenvalue weighted by Crippen LogP contribution is 2.20. The number of nitrogens with zero attached hydrogens (tertiary/aromatic N) is 1. The van der Waals surface area contributed by atoms with Crippen LogP contribution in [-0.2, 0) is 4.74 Å². The van der Waals surface area contributed by atoms with Crippen molar-refractivity contribution >= 4 is 23.3 Å². The van der Waals surface area contributed by atoms with Gasteiger partial charge in [-0.2, -0.15) is 0 Å². The number of pyridine rings is 1. The summed E-state index contributed by atoms with van der Waals surface area (Å²) in [5, 5.41) is 6.47. The number of amides is 1. The van der Waals surface area contributed by atoms with E-state index in [9.17, 15) is 4.79 Å². The Bertz CT molecular complexity index is 448. The molecule has 1 aliphatic rings. The summed E-state index contributed by atoms with van der Waals surface area (Å²) in [6, 6.07) is 1.72. The highest BCUT2D eigenvalue weighted by Gasteiger charge is 2.19. The molecule has 1 unspecified atom stereocenters. The van der Waals surface area contributed by atoms with Crippen LogP contribution in [0, 0.1) is 0 Å². The third-order valence-electron chi connectivity index (χ3n) is 2.91. The summed E-state index contributed by atoms with van der Waals surface area (Å²) in [5.41, 5.74) is 0.471. The van der Waals surface area contributed by atoms with Crippen LogP contribution in [0.15, 0.2) is 12.3 Å². The molecular weight excluding hydrogens is 266 g/mol. The molecule has 0 spiro atoms. The summed E-state index contributed by atoms with van der Waals surface area (Å²) in [4.78, 5) is 16.2. The number of ether oxygens (including phenoxy) is 1. The van der Waals surface area contributed by atoms with E-state index in [-0.39, 0.29) is 11.9 Å². The molecule has 2 N–H and O–H groups in total. The third-order valence-corrected chi connectivity index (χ3v) is 3.20. The van der Waals surface area contributed by atoms with Crippen molar-refractivity contribution in [2.45, 2.75) is 25.8 Å². The van der Waals surface area contributed by atoms with Crippen molar-refractivity contribution in [1.29, 1.82) is 0 Å². The molecule has 1 atom stereocenters. The maximum Gasteiger partial charge on any atom is 0.253 e. The maximum absolute atomic E-state index is 12.0. The van der Waals surface area contributed by atoms with Gasteiger partial charge in [-0.15, -0.1) is 0 Å². The highest BCUT2D eigenvalue weighted by atomic mass is 35.5. The molecule has 0 aliphatic carbocycles. The summed E-state index contributed by atoms with van der Waals surface area (Å²) in [6.07, 6.45) is 3.37. The predicted octanol–water partition coefficient (Wildman–Crippen LogP) is 2.08. The zero-order valence-corrected chi connectivity index (χ0v) is 11.7. The zero-order valence-electron chi connectivity index (χ0n) is 10.9. The van der Waals surface area contributed by atoms with Gasteiger partial charge in [0.2, 0.25) is 0 Å². The second-order valence-corrected chi connectivity index (χ2v) is 4.92. The summed E-state index contributed by atoms with van der Waals surface area (Å²) in [6.45, 7) is 4.14. The van der Waals surface area contributed by atoms with E-state index in [0.29, 0.717) is 29.6 Å². The molecule has 0 radical (unpaired) electrons. The van der Waals surface area contributed by atoms with Gasteiger partial charge < -0.3 is 15.4 Å². The molecule has 2 heterocycles. The minimum Gasteiger partial charge on any atom is -0.379 e. The Kier molecular flexibility index (Phi) is 4.99. The third kappa shape index (κ3) is 3.81. The van der Waals surface area contributed by atoms with Crippen LogP contribution in [0.1, 0.15) is 30.1 Å². The number of halogens is 1. The first-order valence-corrected chi connectivity index (χ1v) is 6.86. The van der Waals surface area contributed by atoms with Crippen LogP contribution in [0.2, 0.25) is 5.02 Å². The van der Waals surface area contributed by atoms with E-state index in [1.165, 1.54) is 6.20 Å². The van der Waals surface area contributed by atoms with Crippen molar-refractivity contribution in [3.8, 4) is 0 Å². The fourth-order valence-corrected chi connectivity index (χ4v) is 2.09. The van der Waals surface area contributed by atoms with Gasteiger partial charge in [-0.25, -0.2) is 4.98 Å². The molecule has 19 heavy (non-hydrogen) atoms. The Balaban J connectivity index is 1.99. The average molecular weight is 284 g/mol. The normalized spacial score (nSPS) is 18.3. The van der Waals surface area contributed by atoms with Gasteiger partial charge in [0.05, 0.1) is 23.2 Å². The quantitative estimate of drug-likeness (QED) is 0.868. The Morgan fingerprint density at radius 3 is 3.11 bits per heavy atom. The van der Waals surface area contributed by atoms with Crippen molar-refractivity contribution in [2.75, 3.05) is 25.1 Å². The van der Waals surface area contributed by atoms with Crippen molar-refractivity contribution in [1.82, 2.24) is 10.3 Å². The van der Waals surface area contributed by atoms with Crippen molar-refractivity contribution < 1.29 is 9.53 Å². The van der Waals surface area contributed by atoms with E-state index in [1.54, 1.807) is 6.07 Å². The van der Waals surface area contributed by atoms with Crippen molar-refractivity contribution in [3.05, 3.63) is 22.8 Å². The number of hydrogen-bond acceptors (Lipinski definition) is 4. The first-order valence-electron chi connectivity index (χ1n) is 6.48. The van der Waals surface area contributed by atoms with E-state index in [1.807, 2.05) is 0 Å². The van der Waals surface area contributed by atoms with Gasteiger partial charge in [-0.05, 0) is 18.9 Å². The molecule has 1 amide bonds. The van der Waals surface area contributed by atoms with Crippen LogP contribution in [-0.4, -0.2) is 36.7 Å². The fourth-order valence-electron chi connectivity index (χ4n) is 1.85. The number of anilines is 1. The maximum atomic E-state index is 12.0. The first kappa shape index (κ1) is 14.1. The molecule has 1 aromatic heterocycles. The average Bonchev–Trinajstić information content (AvgIpc) is 2.90. The molecule has 1 aliphatic heterocycles. The number of nitrogens with one attached hydrogen (secondary N) is 2. The lowest BCUT2D eigenvalue weighted by molar-refractivity contribution is 0.0929. The molecule has 1 saturated heterocycles. The molecule has 104 valence electrons. The minimum absolute atomic E-state index is 0.0872. The number of rotatable bonds is 5. The minimum atomic E-state index is -0.160. The summed E-state index contributed by atoms with van der Waals surface area (Å²) >= 11 is 6.10. The van der Waals surface area contributed by atoms with Crippen LogP contribution in [0.3, 0.4) is 0 Å². The van der Waals surface area contributed by atoms with E-state index in [0.717, 1.165) is 19.4 Å². The van der Waals surface area contributed by atoms with Crippen molar-refractivity contribution in [3.63, 3.8) is 0 Å². The smallest absolute Gasteiger partial charge is 0.253 e. The molecule has 1 fully saturated rings. The van der Waals surface area contributed by atoms with E-state index in [2.05, 4.69) is 22.5 Å². The Morgan fingerprint density at radius 1 is 1.63 bits per heavy atom. The van der Waals surface area contributed by atoms with Crippen LogP contribution in [0.25, 0.3) is 0 Å². The summed E-state index contributed by atoms with van der Waals surface area (Å²) in [7, 11) is 0. The molecule has 0 saturated carbocycles. The van der Waals surface area contributed by atoms with Crippen molar-refractivity contribution in [2.24, 2.45) is 0 Å². The highest BCUT2D eigenvalue weighted by molar-refractivity contribution is 6.33. The Labute approximate surface area is 117 Å². The first-order chi connectivity index (χ1) is 9.20. The zero-order chi connectivity index (χ0) is 13.7. The molecule has 6 heteroatoms. The second kappa shape index (κ2) is 6.73. The lowest BCUT2D eigenvalue weighted by Crippen LogP contribution is -2.35. The van der Waals surface area contributed by atoms with E-state index >= 15 is 0 Å². The molecular formula is C13H18ClN3O2. The molecule has 0 aromatic carbocycles. The van der Waals surface area contributed by atoms with Crippen LogP contribution in [0.5, 0.6) is 0 Å². The largest absolute Gasteiger partial charge is 0.379 e. The lowest BCUT2D eigenvalue weighted by Gasteiger charge is -2.11. The standard InChI is InChI=1S/C13H18ClN3O2/c1-2-4-15-12-11(14)6-9(7-16-12)13(18)17-10-3-5-19-8-10/h6-7,10H,2-5,8H2,1H3,(H,15,16)(H,17,18).